The SMILES string of the molecule is CCOC(=O)C1CC2CC3(CC2C1)OCCO3. The molecule has 0 bridgehead atoms. The number of carbonyl (C=O) groups excluding carboxylic acids is 1. The van der Waals surface area contributed by atoms with Gasteiger partial charge >= 0.3 is 5.97 Å². The molecule has 3 aliphatic rings. The molecule has 0 aromatic heterocycles. The van der Waals surface area contributed by atoms with Crippen molar-refractivity contribution < 1.29 is 19.0 Å². The van der Waals surface area contributed by atoms with E-state index in [1.165, 1.54) is 0 Å². The average molecular weight is 240 g/mol. The summed E-state index contributed by atoms with van der Waals surface area (Å²) in [5, 5.41) is 0. The van der Waals surface area contributed by atoms with Crippen LogP contribution in [0.2, 0.25) is 0 Å². The van der Waals surface area contributed by atoms with Crippen molar-refractivity contribution in [2.24, 2.45) is 17.8 Å². The normalized spacial score (nSPS) is 38.5. The molecule has 2 saturated carbocycles. The first-order valence-electron chi connectivity index (χ1n) is 6.67. The second kappa shape index (κ2) is 4.25. The Morgan fingerprint density at radius 3 is 2.35 bits per heavy atom. The van der Waals surface area contributed by atoms with Gasteiger partial charge in [0.05, 0.1) is 25.7 Å². The van der Waals surface area contributed by atoms with Crippen LogP contribution in [0.15, 0.2) is 0 Å². The number of hydrogen-bond acceptors (Lipinski definition) is 4. The lowest BCUT2D eigenvalue weighted by atomic mass is 10.0. The maximum atomic E-state index is 11.7. The van der Waals surface area contributed by atoms with Crippen molar-refractivity contribution in [2.45, 2.75) is 38.4 Å². The van der Waals surface area contributed by atoms with Crippen LogP contribution in [0.1, 0.15) is 32.6 Å². The van der Waals surface area contributed by atoms with Crippen molar-refractivity contribution >= 4 is 5.97 Å². The summed E-state index contributed by atoms with van der Waals surface area (Å²) in [5.74, 6) is 0.979. The summed E-state index contributed by atoms with van der Waals surface area (Å²) in [7, 11) is 0. The number of ether oxygens (including phenoxy) is 3. The summed E-state index contributed by atoms with van der Waals surface area (Å²) >= 11 is 0. The van der Waals surface area contributed by atoms with Gasteiger partial charge in [-0.3, -0.25) is 4.79 Å². The van der Waals surface area contributed by atoms with Gasteiger partial charge in [-0.1, -0.05) is 0 Å². The third-order valence-corrected chi connectivity index (χ3v) is 4.42. The van der Waals surface area contributed by atoms with Crippen molar-refractivity contribution in [3.63, 3.8) is 0 Å². The van der Waals surface area contributed by atoms with Crippen molar-refractivity contribution in [2.75, 3.05) is 19.8 Å². The Bertz CT molecular complexity index is 293. The van der Waals surface area contributed by atoms with Gasteiger partial charge in [-0.15, -0.1) is 0 Å². The Kier molecular flexibility index (Phi) is 2.87. The smallest absolute Gasteiger partial charge is 0.308 e. The van der Waals surface area contributed by atoms with Crippen molar-refractivity contribution in [1.82, 2.24) is 0 Å². The van der Waals surface area contributed by atoms with Crippen LogP contribution in [0.4, 0.5) is 0 Å². The van der Waals surface area contributed by atoms with E-state index in [9.17, 15) is 4.79 Å². The summed E-state index contributed by atoms with van der Waals surface area (Å²) < 4.78 is 16.6. The topological polar surface area (TPSA) is 44.8 Å². The lowest BCUT2D eigenvalue weighted by Gasteiger charge is -2.23. The molecule has 3 rings (SSSR count). The minimum absolute atomic E-state index is 0.00999. The lowest BCUT2D eigenvalue weighted by molar-refractivity contribution is -0.159. The molecule has 0 N–H and O–H groups in total. The van der Waals surface area contributed by atoms with Crippen LogP contribution in [0.5, 0.6) is 0 Å². The average Bonchev–Trinajstić information content (AvgIpc) is 2.94. The zero-order valence-corrected chi connectivity index (χ0v) is 10.3. The van der Waals surface area contributed by atoms with E-state index in [1.807, 2.05) is 6.92 Å². The van der Waals surface area contributed by atoms with Crippen molar-refractivity contribution in [3.05, 3.63) is 0 Å². The third kappa shape index (κ3) is 1.97. The van der Waals surface area contributed by atoms with Crippen LogP contribution >= 0.6 is 0 Å². The van der Waals surface area contributed by atoms with Crippen molar-refractivity contribution in [1.29, 1.82) is 0 Å². The first-order chi connectivity index (χ1) is 8.22. The second-order valence-electron chi connectivity index (χ2n) is 5.46. The van der Waals surface area contributed by atoms with Gasteiger partial charge in [-0.05, 0) is 31.6 Å². The molecule has 17 heavy (non-hydrogen) atoms. The minimum atomic E-state index is -0.297. The van der Waals surface area contributed by atoms with Crippen molar-refractivity contribution in [3.8, 4) is 0 Å². The molecule has 0 aromatic rings. The van der Waals surface area contributed by atoms with E-state index in [0.717, 1.165) is 38.9 Å². The molecule has 2 unspecified atom stereocenters. The molecule has 96 valence electrons. The van der Waals surface area contributed by atoms with E-state index in [2.05, 4.69) is 0 Å². The quantitative estimate of drug-likeness (QED) is 0.689. The van der Waals surface area contributed by atoms with Crippen LogP contribution in [0.25, 0.3) is 0 Å². The van der Waals surface area contributed by atoms with E-state index in [4.69, 9.17) is 14.2 Å². The van der Waals surface area contributed by atoms with Crippen LogP contribution < -0.4 is 0 Å². The molecule has 1 saturated heterocycles. The van der Waals surface area contributed by atoms with Gasteiger partial charge in [-0.25, -0.2) is 0 Å². The summed E-state index contributed by atoms with van der Waals surface area (Å²) in [5.41, 5.74) is 0. The molecule has 3 fully saturated rings. The largest absolute Gasteiger partial charge is 0.466 e. The first kappa shape index (κ1) is 11.5. The van der Waals surface area contributed by atoms with E-state index in [1.54, 1.807) is 0 Å². The zero-order chi connectivity index (χ0) is 11.9. The summed E-state index contributed by atoms with van der Waals surface area (Å²) in [6.45, 7) is 3.80. The molecule has 0 radical (unpaired) electrons. The molecular formula is C13H20O4. The minimum Gasteiger partial charge on any atom is -0.466 e. The van der Waals surface area contributed by atoms with E-state index in [0.29, 0.717) is 18.4 Å². The molecule has 0 amide bonds. The number of hydrogen-bond donors (Lipinski definition) is 0. The Hall–Kier alpha value is -0.610. The van der Waals surface area contributed by atoms with Gasteiger partial charge in [0.15, 0.2) is 5.79 Å². The summed E-state index contributed by atoms with van der Waals surface area (Å²) in [6.07, 6.45) is 3.84. The fraction of sp³-hybridized carbons (Fsp3) is 0.923. The summed E-state index contributed by atoms with van der Waals surface area (Å²) in [6, 6.07) is 0. The second-order valence-corrected chi connectivity index (χ2v) is 5.46. The number of esters is 1. The maximum absolute atomic E-state index is 11.7. The number of fused-ring (bicyclic) bond motifs is 1. The predicted octanol–water partition coefficient (Wildman–Crippen LogP) is 1.73. The molecule has 2 atom stereocenters. The number of carbonyl (C=O) groups is 1. The highest BCUT2D eigenvalue weighted by Gasteiger charge is 2.53. The molecule has 0 aromatic carbocycles. The highest BCUT2D eigenvalue weighted by atomic mass is 16.7. The van der Waals surface area contributed by atoms with Crippen LogP contribution in [-0.2, 0) is 19.0 Å². The molecule has 4 heteroatoms. The van der Waals surface area contributed by atoms with Gasteiger partial charge in [0.1, 0.15) is 0 Å². The highest BCUT2D eigenvalue weighted by Crippen LogP contribution is 2.53. The van der Waals surface area contributed by atoms with E-state index >= 15 is 0 Å². The monoisotopic (exact) mass is 240 g/mol. The Balaban J connectivity index is 1.59. The fourth-order valence-electron chi connectivity index (χ4n) is 3.78. The van der Waals surface area contributed by atoms with Crippen LogP contribution in [-0.4, -0.2) is 31.6 Å². The fourth-order valence-corrected chi connectivity index (χ4v) is 3.78. The molecule has 4 nitrogen and oxygen atoms in total. The zero-order valence-electron chi connectivity index (χ0n) is 10.3. The van der Waals surface area contributed by atoms with Crippen LogP contribution in [0.3, 0.4) is 0 Å². The number of rotatable bonds is 2. The molecule has 1 heterocycles. The third-order valence-electron chi connectivity index (χ3n) is 4.42. The molecular weight excluding hydrogens is 220 g/mol. The predicted molar refractivity (Wildman–Crippen MR) is 60.2 cm³/mol. The Labute approximate surface area is 102 Å². The van der Waals surface area contributed by atoms with Gasteiger partial charge < -0.3 is 14.2 Å². The summed E-state index contributed by atoms with van der Waals surface area (Å²) in [4.78, 5) is 11.7. The standard InChI is InChI=1S/C13H20O4/c1-2-15-12(14)9-5-10-7-13(8-11(10)6-9)16-3-4-17-13/h9-11H,2-8H2,1H3. The maximum Gasteiger partial charge on any atom is 0.308 e. The highest BCUT2D eigenvalue weighted by molar-refractivity contribution is 5.72. The molecule has 2 aliphatic carbocycles. The first-order valence-corrected chi connectivity index (χ1v) is 6.67. The van der Waals surface area contributed by atoms with Gasteiger partial charge in [0.2, 0.25) is 0 Å². The van der Waals surface area contributed by atoms with E-state index < -0.39 is 0 Å². The van der Waals surface area contributed by atoms with Gasteiger partial charge in [0.25, 0.3) is 0 Å². The van der Waals surface area contributed by atoms with Crippen LogP contribution in [0, 0.1) is 17.8 Å². The Morgan fingerprint density at radius 2 is 1.82 bits per heavy atom. The molecule has 1 spiro atoms. The van der Waals surface area contributed by atoms with Gasteiger partial charge in [-0.2, -0.15) is 0 Å². The van der Waals surface area contributed by atoms with E-state index in [-0.39, 0.29) is 17.7 Å². The van der Waals surface area contributed by atoms with Gasteiger partial charge in [0, 0.05) is 12.8 Å². The Morgan fingerprint density at radius 1 is 1.24 bits per heavy atom. The molecule has 1 aliphatic heterocycles. The lowest BCUT2D eigenvalue weighted by Crippen LogP contribution is -2.28.